The number of benzene rings is 2. The monoisotopic (exact) mass is 466 g/mol. The van der Waals surface area contributed by atoms with E-state index in [0.29, 0.717) is 45.7 Å². The minimum absolute atomic E-state index is 0.289. The highest BCUT2D eigenvalue weighted by molar-refractivity contribution is 5.91. The molecular formula is C27H34N2O5. The molecule has 2 aliphatic rings. The van der Waals surface area contributed by atoms with Crippen LogP contribution in [-0.2, 0) is 28.7 Å². The number of hydrogen-bond donors (Lipinski definition) is 0. The summed E-state index contributed by atoms with van der Waals surface area (Å²) in [7, 11) is 0. The highest BCUT2D eigenvalue weighted by Gasteiger charge is 2.31. The first-order valence-corrected chi connectivity index (χ1v) is 12.0. The predicted octanol–water partition coefficient (Wildman–Crippen LogP) is 4.91. The van der Waals surface area contributed by atoms with Crippen molar-refractivity contribution in [1.82, 2.24) is 4.90 Å². The summed E-state index contributed by atoms with van der Waals surface area (Å²) in [4.78, 5) is 29.0. The Kier molecular flexibility index (Phi) is 7.00. The molecule has 4 rings (SSSR count). The highest BCUT2D eigenvalue weighted by atomic mass is 16.6. The van der Waals surface area contributed by atoms with Gasteiger partial charge in [0.15, 0.2) is 0 Å². The Bertz CT molecular complexity index is 1050. The molecule has 7 heteroatoms. The zero-order valence-corrected chi connectivity index (χ0v) is 20.6. The van der Waals surface area contributed by atoms with Crippen LogP contribution in [0.4, 0.5) is 15.3 Å². The molecule has 0 radical (unpaired) electrons. The average Bonchev–Trinajstić information content (AvgIpc) is 3.01. The molecule has 2 amide bonds. The van der Waals surface area contributed by atoms with E-state index in [-0.39, 0.29) is 12.2 Å². The first kappa shape index (κ1) is 23.9. The van der Waals surface area contributed by atoms with Crippen LogP contribution in [0.15, 0.2) is 36.4 Å². The predicted molar refractivity (Wildman–Crippen MR) is 131 cm³/mol. The maximum atomic E-state index is 13.0. The zero-order valence-electron chi connectivity index (χ0n) is 20.6. The molecule has 34 heavy (non-hydrogen) atoms. The third-order valence-corrected chi connectivity index (χ3v) is 6.19. The Morgan fingerprint density at radius 2 is 1.76 bits per heavy atom. The van der Waals surface area contributed by atoms with Crippen LogP contribution in [0.25, 0.3) is 0 Å². The van der Waals surface area contributed by atoms with E-state index >= 15 is 0 Å². The lowest BCUT2D eigenvalue weighted by atomic mass is 9.95. The lowest BCUT2D eigenvalue weighted by molar-refractivity contribution is 0.0258. The van der Waals surface area contributed by atoms with Gasteiger partial charge in [-0.1, -0.05) is 30.3 Å². The number of nitrogens with zero attached hydrogens (tertiary/aromatic N) is 2. The van der Waals surface area contributed by atoms with Crippen LogP contribution in [0.5, 0.6) is 5.75 Å². The Hall–Kier alpha value is -3.22. The molecule has 0 unspecified atom stereocenters. The van der Waals surface area contributed by atoms with Gasteiger partial charge in [-0.25, -0.2) is 9.59 Å². The molecule has 0 saturated heterocycles. The van der Waals surface area contributed by atoms with Gasteiger partial charge in [-0.2, -0.15) is 0 Å². The number of anilines is 1. The molecule has 0 atom stereocenters. The minimum Gasteiger partial charge on any atom is -0.489 e. The number of fused-ring (bicyclic) bond motifs is 2. The largest absolute Gasteiger partial charge is 0.489 e. The van der Waals surface area contributed by atoms with Gasteiger partial charge in [-0.05, 0) is 68.9 Å². The third kappa shape index (κ3) is 5.46. The van der Waals surface area contributed by atoms with Crippen molar-refractivity contribution in [2.45, 2.75) is 52.6 Å². The summed E-state index contributed by atoms with van der Waals surface area (Å²) in [6.07, 6.45) is 1.44. The van der Waals surface area contributed by atoms with Crippen LogP contribution in [0.1, 0.15) is 43.0 Å². The van der Waals surface area contributed by atoms with E-state index in [9.17, 15) is 9.59 Å². The number of carbonyl (C=O) groups excluding carboxylic acids is 2. The second-order valence-corrected chi connectivity index (χ2v) is 9.80. The van der Waals surface area contributed by atoms with Crippen molar-refractivity contribution < 1.29 is 23.8 Å². The van der Waals surface area contributed by atoms with Crippen molar-refractivity contribution in [3.05, 3.63) is 58.7 Å². The molecule has 0 N–H and O–H groups in total. The maximum absolute atomic E-state index is 13.0. The molecule has 0 aliphatic carbocycles. The second kappa shape index (κ2) is 9.95. The third-order valence-electron chi connectivity index (χ3n) is 6.19. The summed E-state index contributed by atoms with van der Waals surface area (Å²) < 4.78 is 17.2. The number of hydrogen-bond acceptors (Lipinski definition) is 5. The molecule has 2 aromatic rings. The summed E-state index contributed by atoms with van der Waals surface area (Å²) >= 11 is 0. The number of rotatable bonds is 3. The van der Waals surface area contributed by atoms with Crippen LogP contribution in [0.2, 0.25) is 0 Å². The Morgan fingerprint density at radius 1 is 1.03 bits per heavy atom. The number of amides is 2. The Morgan fingerprint density at radius 3 is 2.50 bits per heavy atom. The standard InChI is InChI=1S/C27H34N2O5/c1-19-22-11-14-28(25(30)34-27(2,3)4)13-10-21(22)18-23-24(19)32-17-15-29(23)26(31)33-16-12-20-8-6-5-7-9-20/h5-9,18H,10-17H2,1-4H3. The first-order chi connectivity index (χ1) is 16.2. The quantitative estimate of drug-likeness (QED) is 0.643. The lowest BCUT2D eigenvalue weighted by Gasteiger charge is -2.31. The molecule has 2 aliphatic heterocycles. The molecule has 2 heterocycles. The molecule has 0 fully saturated rings. The summed E-state index contributed by atoms with van der Waals surface area (Å²) in [6, 6.07) is 12.0. The highest BCUT2D eigenvalue weighted by Crippen LogP contribution is 2.40. The van der Waals surface area contributed by atoms with Gasteiger partial charge < -0.3 is 19.1 Å². The number of ether oxygens (including phenoxy) is 3. The maximum Gasteiger partial charge on any atom is 0.414 e. The van der Waals surface area contributed by atoms with Crippen molar-refractivity contribution >= 4 is 17.9 Å². The fourth-order valence-corrected chi connectivity index (χ4v) is 4.49. The SMILES string of the molecule is Cc1c2c(cc3c1OCCN3C(=O)OCCc1ccccc1)CCN(C(=O)OC(C)(C)C)CC2. The molecule has 182 valence electrons. The van der Waals surface area contributed by atoms with E-state index in [0.717, 1.165) is 34.5 Å². The van der Waals surface area contributed by atoms with Gasteiger partial charge in [0.2, 0.25) is 0 Å². The topological polar surface area (TPSA) is 68.3 Å². The first-order valence-electron chi connectivity index (χ1n) is 12.0. The van der Waals surface area contributed by atoms with E-state index in [1.807, 2.05) is 64.1 Å². The van der Waals surface area contributed by atoms with Crippen LogP contribution < -0.4 is 9.64 Å². The Labute approximate surface area is 201 Å². The minimum atomic E-state index is -0.527. The summed E-state index contributed by atoms with van der Waals surface area (Å²) in [5.41, 5.74) is 4.70. The normalized spacial score (nSPS) is 15.5. The van der Waals surface area contributed by atoms with Gasteiger partial charge in [0, 0.05) is 19.5 Å². The summed E-state index contributed by atoms with van der Waals surface area (Å²) in [5.74, 6) is 0.732. The van der Waals surface area contributed by atoms with Gasteiger partial charge in [0.25, 0.3) is 0 Å². The van der Waals surface area contributed by atoms with Crippen molar-refractivity contribution in [1.29, 1.82) is 0 Å². The van der Waals surface area contributed by atoms with Crippen molar-refractivity contribution in [3.63, 3.8) is 0 Å². The molecule has 0 aromatic heterocycles. The van der Waals surface area contributed by atoms with Crippen molar-refractivity contribution in [2.24, 2.45) is 0 Å². The molecule has 7 nitrogen and oxygen atoms in total. The van der Waals surface area contributed by atoms with Crippen LogP contribution in [0.3, 0.4) is 0 Å². The zero-order chi connectivity index (χ0) is 24.3. The van der Waals surface area contributed by atoms with Gasteiger partial charge in [-0.15, -0.1) is 0 Å². The van der Waals surface area contributed by atoms with E-state index in [4.69, 9.17) is 14.2 Å². The van der Waals surface area contributed by atoms with Crippen LogP contribution in [0, 0.1) is 6.92 Å². The van der Waals surface area contributed by atoms with Crippen LogP contribution in [-0.4, -0.2) is 55.5 Å². The van der Waals surface area contributed by atoms with E-state index in [1.165, 1.54) is 5.56 Å². The second-order valence-electron chi connectivity index (χ2n) is 9.80. The number of carbonyl (C=O) groups is 2. The fourth-order valence-electron chi connectivity index (χ4n) is 4.49. The summed E-state index contributed by atoms with van der Waals surface area (Å²) in [6.45, 7) is 10.0. The lowest BCUT2D eigenvalue weighted by Crippen LogP contribution is -2.39. The summed E-state index contributed by atoms with van der Waals surface area (Å²) in [5, 5.41) is 0. The van der Waals surface area contributed by atoms with E-state index in [1.54, 1.807) is 9.80 Å². The van der Waals surface area contributed by atoms with Crippen molar-refractivity contribution in [2.75, 3.05) is 37.7 Å². The molecule has 2 aromatic carbocycles. The van der Waals surface area contributed by atoms with E-state index < -0.39 is 5.60 Å². The molecule has 0 bridgehead atoms. The molecule has 0 saturated carbocycles. The van der Waals surface area contributed by atoms with Gasteiger partial charge in [0.1, 0.15) is 18.0 Å². The smallest absolute Gasteiger partial charge is 0.414 e. The van der Waals surface area contributed by atoms with Gasteiger partial charge in [-0.3, -0.25) is 4.90 Å². The fraction of sp³-hybridized carbons (Fsp3) is 0.481. The van der Waals surface area contributed by atoms with Gasteiger partial charge >= 0.3 is 12.2 Å². The van der Waals surface area contributed by atoms with Crippen LogP contribution >= 0.6 is 0 Å². The van der Waals surface area contributed by atoms with Crippen molar-refractivity contribution in [3.8, 4) is 5.75 Å². The van der Waals surface area contributed by atoms with E-state index in [2.05, 4.69) is 0 Å². The average molecular weight is 467 g/mol. The molecule has 0 spiro atoms. The van der Waals surface area contributed by atoms with Gasteiger partial charge in [0.05, 0.1) is 18.8 Å². The Balaban J connectivity index is 1.48. The molecular weight excluding hydrogens is 432 g/mol.